The molecule has 2 fully saturated rings. The molecule has 1 heterocycles. The molecule has 2 saturated carbocycles. The molecule has 0 radical (unpaired) electrons. The molecule has 0 N–H and O–H groups in total. The number of amides is 1. The van der Waals surface area contributed by atoms with Crippen LogP contribution in [-0.2, 0) is 0 Å². The predicted octanol–water partition coefficient (Wildman–Crippen LogP) is 4.11. The van der Waals surface area contributed by atoms with Crippen LogP contribution in [0.1, 0.15) is 61.7 Å². The average Bonchev–Trinajstić information content (AvgIpc) is 3.44. The van der Waals surface area contributed by atoms with E-state index in [2.05, 4.69) is 10.00 Å². The standard InChI is InChI=1S/C20H24N4O3/c25-20(23(17-5-1-2-6-17)18-7-3-4-8-18)15-13-21-22(14-15)16-9-11-19(12-10-16)24(26)27/h9-14,17-18H,1-8H2. The van der Waals surface area contributed by atoms with E-state index in [4.69, 9.17) is 0 Å². The highest BCUT2D eigenvalue weighted by Crippen LogP contribution is 2.32. The van der Waals surface area contributed by atoms with Crippen LogP contribution in [0.4, 0.5) is 5.69 Å². The normalized spacial score (nSPS) is 18.1. The average molecular weight is 368 g/mol. The van der Waals surface area contributed by atoms with Gasteiger partial charge in [-0.25, -0.2) is 4.68 Å². The molecule has 4 rings (SSSR count). The van der Waals surface area contributed by atoms with Gasteiger partial charge in [0, 0.05) is 30.4 Å². The summed E-state index contributed by atoms with van der Waals surface area (Å²) in [6.45, 7) is 0. The highest BCUT2D eigenvalue weighted by molar-refractivity contribution is 5.94. The van der Waals surface area contributed by atoms with E-state index in [0.717, 1.165) is 25.7 Å². The maximum atomic E-state index is 13.3. The van der Waals surface area contributed by atoms with Crippen LogP contribution in [0.3, 0.4) is 0 Å². The maximum Gasteiger partial charge on any atom is 0.269 e. The third kappa shape index (κ3) is 3.59. The Labute approximate surface area is 158 Å². The molecule has 0 spiro atoms. The fraction of sp³-hybridized carbons (Fsp3) is 0.500. The summed E-state index contributed by atoms with van der Waals surface area (Å²) in [5.41, 5.74) is 1.33. The lowest BCUT2D eigenvalue weighted by Crippen LogP contribution is -2.45. The first kappa shape index (κ1) is 17.7. The number of hydrogen-bond donors (Lipinski definition) is 0. The molecular weight excluding hydrogens is 344 g/mol. The summed E-state index contributed by atoms with van der Waals surface area (Å²) < 4.78 is 1.61. The predicted molar refractivity (Wildman–Crippen MR) is 101 cm³/mol. The molecule has 0 aliphatic heterocycles. The Morgan fingerprint density at radius 2 is 1.59 bits per heavy atom. The van der Waals surface area contributed by atoms with E-state index in [1.165, 1.54) is 37.8 Å². The van der Waals surface area contributed by atoms with Crippen molar-refractivity contribution in [2.24, 2.45) is 0 Å². The van der Waals surface area contributed by atoms with Crippen molar-refractivity contribution in [2.45, 2.75) is 63.5 Å². The van der Waals surface area contributed by atoms with Crippen LogP contribution in [0.25, 0.3) is 5.69 Å². The summed E-state index contributed by atoms with van der Waals surface area (Å²) in [6, 6.07) is 6.88. The molecule has 142 valence electrons. The number of non-ortho nitro benzene ring substituents is 1. The number of carbonyl (C=O) groups is 1. The van der Waals surface area contributed by atoms with Crippen LogP contribution in [0.15, 0.2) is 36.7 Å². The first-order valence-electron chi connectivity index (χ1n) is 9.75. The van der Waals surface area contributed by atoms with Crippen LogP contribution in [0.5, 0.6) is 0 Å². The van der Waals surface area contributed by atoms with E-state index in [-0.39, 0.29) is 11.6 Å². The monoisotopic (exact) mass is 368 g/mol. The fourth-order valence-electron chi connectivity index (χ4n) is 4.45. The lowest BCUT2D eigenvalue weighted by Gasteiger charge is -2.34. The van der Waals surface area contributed by atoms with Crippen LogP contribution in [0, 0.1) is 10.1 Å². The summed E-state index contributed by atoms with van der Waals surface area (Å²) in [7, 11) is 0. The zero-order valence-electron chi connectivity index (χ0n) is 15.3. The van der Waals surface area contributed by atoms with Gasteiger partial charge in [-0.1, -0.05) is 25.7 Å². The Kier molecular flexibility index (Phi) is 4.92. The minimum Gasteiger partial charge on any atom is -0.333 e. The first-order chi connectivity index (χ1) is 13.1. The quantitative estimate of drug-likeness (QED) is 0.587. The summed E-state index contributed by atoms with van der Waals surface area (Å²) in [4.78, 5) is 25.8. The summed E-state index contributed by atoms with van der Waals surface area (Å²) in [5, 5.41) is 15.1. The van der Waals surface area contributed by atoms with Gasteiger partial charge in [-0.3, -0.25) is 14.9 Å². The summed E-state index contributed by atoms with van der Waals surface area (Å²) in [5.74, 6) is 0.0713. The van der Waals surface area contributed by atoms with Crippen molar-refractivity contribution in [3.05, 3.63) is 52.3 Å². The van der Waals surface area contributed by atoms with Crippen LogP contribution in [-0.4, -0.2) is 37.6 Å². The second-order valence-electron chi connectivity index (χ2n) is 7.54. The van der Waals surface area contributed by atoms with E-state index in [0.29, 0.717) is 23.3 Å². The van der Waals surface area contributed by atoms with Crippen molar-refractivity contribution in [1.29, 1.82) is 0 Å². The number of aromatic nitrogens is 2. The summed E-state index contributed by atoms with van der Waals surface area (Å²) in [6.07, 6.45) is 12.5. The highest BCUT2D eigenvalue weighted by Gasteiger charge is 2.34. The van der Waals surface area contributed by atoms with E-state index < -0.39 is 4.92 Å². The molecule has 1 amide bonds. The minimum absolute atomic E-state index is 0.0378. The van der Waals surface area contributed by atoms with Gasteiger partial charge >= 0.3 is 0 Å². The van der Waals surface area contributed by atoms with Crippen molar-refractivity contribution in [3.63, 3.8) is 0 Å². The molecule has 1 aromatic carbocycles. The molecule has 2 aliphatic rings. The molecule has 7 heteroatoms. The Morgan fingerprint density at radius 1 is 1.04 bits per heavy atom. The number of nitro benzene ring substituents is 1. The van der Waals surface area contributed by atoms with Gasteiger partial charge in [0.1, 0.15) is 0 Å². The molecule has 2 aromatic rings. The number of rotatable bonds is 5. The Morgan fingerprint density at radius 3 is 2.11 bits per heavy atom. The second kappa shape index (κ2) is 7.50. The zero-order chi connectivity index (χ0) is 18.8. The Balaban J connectivity index is 1.56. The van der Waals surface area contributed by atoms with Crippen LogP contribution in [0.2, 0.25) is 0 Å². The number of nitro groups is 1. The lowest BCUT2D eigenvalue weighted by molar-refractivity contribution is -0.384. The number of benzene rings is 1. The summed E-state index contributed by atoms with van der Waals surface area (Å²) >= 11 is 0. The van der Waals surface area contributed by atoms with Gasteiger partial charge in [0.15, 0.2) is 0 Å². The van der Waals surface area contributed by atoms with Crippen molar-refractivity contribution in [2.75, 3.05) is 0 Å². The number of carbonyl (C=O) groups excluding carboxylic acids is 1. The SMILES string of the molecule is O=C(c1cnn(-c2ccc([N+](=O)[O-])cc2)c1)N(C1CCCC1)C1CCCC1. The number of nitrogens with zero attached hydrogens (tertiary/aromatic N) is 4. The van der Waals surface area contributed by atoms with Crippen LogP contribution >= 0.6 is 0 Å². The fourth-order valence-corrected chi connectivity index (χ4v) is 4.45. The van der Waals surface area contributed by atoms with Crippen molar-refractivity contribution in [1.82, 2.24) is 14.7 Å². The van der Waals surface area contributed by atoms with Gasteiger partial charge in [0.05, 0.1) is 22.4 Å². The van der Waals surface area contributed by atoms with E-state index >= 15 is 0 Å². The molecule has 2 aliphatic carbocycles. The molecule has 7 nitrogen and oxygen atoms in total. The van der Waals surface area contributed by atoms with Crippen molar-refractivity contribution in [3.8, 4) is 5.69 Å². The molecule has 0 bridgehead atoms. The third-order valence-electron chi connectivity index (χ3n) is 5.83. The highest BCUT2D eigenvalue weighted by atomic mass is 16.6. The first-order valence-corrected chi connectivity index (χ1v) is 9.75. The topological polar surface area (TPSA) is 81.3 Å². The molecule has 0 atom stereocenters. The van der Waals surface area contributed by atoms with Crippen LogP contribution < -0.4 is 0 Å². The molecule has 1 aromatic heterocycles. The van der Waals surface area contributed by atoms with Gasteiger partial charge in [-0.05, 0) is 37.8 Å². The molecule has 27 heavy (non-hydrogen) atoms. The minimum atomic E-state index is -0.428. The van der Waals surface area contributed by atoms with Crippen molar-refractivity contribution >= 4 is 11.6 Å². The molecule has 0 unspecified atom stereocenters. The van der Waals surface area contributed by atoms with Gasteiger partial charge < -0.3 is 4.90 Å². The van der Waals surface area contributed by atoms with Gasteiger partial charge in [-0.2, -0.15) is 5.10 Å². The van der Waals surface area contributed by atoms with Gasteiger partial charge in [0.2, 0.25) is 0 Å². The molecular formula is C20H24N4O3. The van der Waals surface area contributed by atoms with Crippen molar-refractivity contribution < 1.29 is 9.72 Å². The van der Waals surface area contributed by atoms with E-state index in [9.17, 15) is 14.9 Å². The Hall–Kier alpha value is -2.70. The van der Waals surface area contributed by atoms with Gasteiger partial charge in [0.25, 0.3) is 11.6 Å². The van der Waals surface area contributed by atoms with Gasteiger partial charge in [-0.15, -0.1) is 0 Å². The smallest absolute Gasteiger partial charge is 0.269 e. The number of hydrogen-bond acceptors (Lipinski definition) is 4. The molecule has 0 saturated heterocycles. The second-order valence-corrected chi connectivity index (χ2v) is 7.54. The third-order valence-corrected chi connectivity index (χ3v) is 5.83. The maximum absolute atomic E-state index is 13.3. The lowest BCUT2D eigenvalue weighted by atomic mass is 10.1. The largest absolute Gasteiger partial charge is 0.333 e. The zero-order valence-corrected chi connectivity index (χ0v) is 15.3. The van der Waals surface area contributed by atoms with E-state index in [1.54, 1.807) is 29.2 Å². The Bertz CT molecular complexity index is 802. The van der Waals surface area contributed by atoms with E-state index in [1.807, 2.05) is 0 Å².